The van der Waals surface area contributed by atoms with Crippen LogP contribution in [0.15, 0.2) is 30.3 Å². The van der Waals surface area contributed by atoms with Gasteiger partial charge in [0, 0.05) is 11.8 Å². The number of nitrogen functional groups attached to an aromatic ring is 1. The van der Waals surface area contributed by atoms with Gasteiger partial charge in [0.2, 0.25) is 0 Å². The van der Waals surface area contributed by atoms with Gasteiger partial charge in [-0.05, 0) is 19.1 Å². The van der Waals surface area contributed by atoms with Crippen molar-refractivity contribution in [3.63, 3.8) is 0 Å². The lowest BCUT2D eigenvalue weighted by Crippen LogP contribution is -2.07. The molecule has 0 aliphatic rings. The van der Waals surface area contributed by atoms with E-state index >= 15 is 0 Å². The summed E-state index contributed by atoms with van der Waals surface area (Å²) in [5.74, 6) is -0.892. The normalized spacial score (nSPS) is 10.1. The van der Waals surface area contributed by atoms with Crippen LogP contribution in [0.2, 0.25) is 0 Å². The van der Waals surface area contributed by atoms with Gasteiger partial charge in [0.05, 0.1) is 0 Å². The summed E-state index contributed by atoms with van der Waals surface area (Å²) in [5, 5.41) is 19.3. The first-order valence-electron chi connectivity index (χ1n) is 5.26. The van der Waals surface area contributed by atoms with Gasteiger partial charge in [-0.2, -0.15) is 0 Å². The van der Waals surface area contributed by atoms with E-state index in [1.54, 1.807) is 0 Å². The lowest BCUT2D eigenvalue weighted by atomic mass is 10.2. The van der Waals surface area contributed by atoms with Crippen LogP contribution >= 0.6 is 0 Å². The molecule has 2 rings (SSSR count). The molecule has 18 heavy (non-hydrogen) atoms. The number of hydrogen-bond acceptors (Lipinski definition) is 5. The van der Waals surface area contributed by atoms with Gasteiger partial charge < -0.3 is 16.2 Å². The highest BCUT2D eigenvalue weighted by atomic mass is 16.4. The number of nitrogens with zero attached hydrogens (tertiary/aromatic N) is 2. The summed E-state index contributed by atoms with van der Waals surface area (Å²) in [6.45, 7) is 1.98. The molecule has 0 bridgehead atoms. The molecule has 0 aliphatic heterocycles. The van der Waals surface area contributed by atoms with Crippen LogP contribution in [0.3, 0.4) is 0 Å². The molecule has 0 atom stereocenters. The van der Waals surface area contributed by atoms with Crippen molar-refractivity contribution in [2.75, 3.05) is 11.1 Å². The third-order valence-electron chi connectivity index (χ3n) is 2.38. The monoisotopic (exact) mass is 244 g/mol. The number of aromatic nitrogens is 2. The number of benzene rings is 1. The smallest absolute Gasteiger partial charge is 0.339 e. The first kappa shape index (κ1) is 11.8. The number of hydrogen-bond donors (Lipinski definition) is 3. The molecule has 92 valence electrons. The van der Waals surface area contributed by atoms with Crippen LogP contribution in [0, 0.1) is 6.92 Å². The van der Waals surface area contributed by atoms with Crippen LogP contribution in [0.1, 0.15) is 15.9 Å². The maximum Gasteiger partial charge on any atom is 0.339 e. The minimum absolute atomic E-state index is 0.0698. The zero-order chi connectivity index (χ0) is 13.1. The van der Waals surface area contributed by atoms with E-state index in [9.17, 15) is 4.79 Å². The number of carboxylic acid groups (broad SMARTS) is 1. The van der Waals surface area contributed by atoms with Crippen molar-refractivity contribution in [2.45, 2.75) is 6.92 Å². The number of rotatable bonds is 3. The third-order valence-corrected chi connectivity index (χ3v) is 2.38. The molecule has 4 N–H and O–H groups in total. The van der Waals surface area contributed by atoms with Crippen LogP contribution < -0.4 is 11.1 Å². The fourth-order valence-corrected chi connectivity index (χ4v) is 1.42. The zero-order valence-corrected chi connectivity index (χ0v) is 9.71. The summed E-state index contributed by atoms with van der Waals surface area (Å²) in [6.07, 6.45) is 0. The molecule has 6 heteroatoms. The Hall–Kier alpha value is -2.63. The minimum atomic E-state index is -1.13. The Morgan fingerprint density at radius 1 is 1.28 bits per heavy atom. The first-order chi connectivity index (χ1) is 8.56. The molecule has 1 aromatic carbocycles. The molecule has 0 radical (unpaired) electrons. The van der Waals surface area contributed by atoms with Crippen molar-refractivity contribution < 1.29 is 9.90 Å². The molecule has 1 aromatic heterocycles. The number of carboxylic acids is 1. The van der Waals surface area contributed by atoms with Crippen molar-refractivity contribution in [3.8, 4) is 0 Å². The van der Waals surface area contributed by atoms with Crippen molar-refractivity contribution in [1.29, 1.82) is 0 Å². The fraction of sp³-hybridized carbons (Fsp3) is 0.0833. The number of nitrogens with one attached hydrogen (secondary N) is 1. The topological polar surface area (TPSA) is 101 Å². The Labute approximate surface area is 103 Å². The van der Waals surface area contributed by atoms with Gasteiger partial charge in [-0.25, -0.2) is 4.79 Å². The van der Waals surface area contributed by atoms with Gasteiger partial charge in [0.1, 0.15) is 5.56 Å². The Morgan fingerprint density at radius 2 is 1.94 bits per heavy atom. The van der Waals surface area contributed by atoms with Crippen LogP contribution in [-0.4, -0.2) is 21.3 Å². The largest absolute Gasteiger partial charge is 0.478 e. The molecule has 1 heterocycles. The summed E-state index contributed by atoms with van der Waals surface area (Å²) in [7, 11) is 0. The second-order valence-electron chi connectivity index (χ2n) is 3.82. The number of anilines is 3. The lowest BCUT2D eigenvalue weighted by Gasteiger charge is -2.06. The number of carbonyl (C=O) groups is 1. The summed E-state index contributed by atoms with van der Waals surface area (Å²) >= 11 is 0. The molecular formula is C12H12N4O2. The highest BCUT2D eigenvalue weighted by Gasteiger charge is 2.11. The summed E-state index contributed by atoms with van der Waals surface area (Å²) in [4.78, 5) is 10.9. The SMILES string of the molecule is Cc1ccc(Nc2cc(C(=O)O)c(N)nn2)cc1. The summed E-state index contributed by atoms with van der Waals surface area (Å²) in [6, 6.07) is 8.96. The predicted molar refractivity (Wildman–Crippen MR) is 67.9 cm³/mol. The minimum Gasteiger partial charge on any atom is -0.478 e. The molecule has 0 unspecified atom stereocenters. The Bertz CT molecular complexity index is 581. The lowest BCUT2D eigenvalue weighted by molar-refractivity contribution is 0.0697. The average Bonchev–Trinajstić information content (AvgIpc) is 2.34. The number of aryl methyl sites for hydroxylation is 1. The molecule has 2 aromatic rings. The molecular weight excluding hydrogens is 232 g/mol. The molecule has 0 saturated carbocycles. The number of nitrogens with two attached hydrogens (primary N) is 1. The summed E-state index contributed by atoms with van der Waals surface area (Å²) in [5.41, 5.74) is 7.29. The third kappa shape index (κ3) is 2.54. The van der Waals surface area contributed by atoms with Crippen molar-refractivity contribution >= 4 is 23.3 Å². The Kier molecular flexibility index (Phi) is 3.09. The van der Waals surface area contributed by atoms with E-state index in [4.69, 9.17) is 10.8 Å². The predicted octanol–water partition coefficient (Wildman–Crippen LogP) is 1.81. The maximum atomic E-state index is 10.9. The van der Waals surface area contributed by atoms with E-state index in [-0.39, 0.29) is 11.4 Å². The van der Waals surface area contributed by atoms with E-state index in [1.807, 2.05) is 31.2 Å². The van der Waals surface area contributed by atoms with Crippen LogP contribution in [0.25, 0.3) is 0 Å². The van der Waals surface area contributed by atoms with Gasteiger partial charge in [0.15, 0.2) is 11.6 Å². The standard InChI is InChI=1S/C12H12N4O2/c1-7-2-4-8(5-3-7)14-10-6-9(12(17)18)11(13)16-15-10/h2-6H,1H3,(H2,13,16)(H,14,15)(H,17,18). The molecule has 6 nitrogen and oxygen atoms in total. The van der Waals surface area contributed by atoms with E-state index in [0.29, 0.717) is 5.82 Å². The molecule has 0 spiro atoms. The highest BCUT2D eigenvalue weighted by Crippen LogP contribution is 2.17. The average molecular weight is 244 g/mol. The van der Waals surface area contributed by atoms with E-state index in [1.165, 1.54) is 6.07 Å². The van der Waals surface area contributed by atoms with Crippen molar-refractivity contribution in [1.82, 2.24) is 10.2 Å². The van der Waals surface area contributed by atoms with Crippen molar-refractivity contribution in [2.24, 2.45) is 0 Å². The van der Waals surface area contributed by atoms with Crippen LogP contribution in [0.4, 0.5) is 17.3 Å². The molecule has 0 saturated heterocycles. The zero-order valence-electron chi connectivity index (χ0n) is 9.71. The molecule has 0 fully saturated rings. The molecule has 0 amide bonds. The Balaban J connectivity index is 2.27. The van der Waals surface area contributed by atoms with Gasteiger partial charge >= 0.3 is 5.97 Å². The molecule has 0 aliphatic carbocycles. The van der Waals surface area contributed by atoms with Gasteiger partial charge in [-0.1, -0.05) is 17.7 Å². The Morgan fingerprint density at radius 3 is 2.56 bits per heavy atom. The van der Waals surface area contributed by atoms with Gasteiger partial charge in [0.25, 0.3) is 0 Å². The van der Waals surface area contributed by atoms with E-state index < -0.39 is 5.97 Å². The highest BCUT2D eigenvalue weighted by molar-refractivity contribution is 5.93. The fourth-order valence-electron chi connectivity index (χ4n) is 1.42. The van der Waals surface area contributed by atoms with Crippen molar-refractivity contribution in [3.05, 3.63) is 41.5 Å². The van der Waals surface area contributed by atoms with Crippen LogP contribution in [-0.2, 0) is 0 Å². The first-order valence-corrected chi connectivity index (χ1v) is 5.26. The van der Waals surface area contributed by atoms with E-state index in [0.717, 1.165) is 11.3 Å². The van der Waals surface area contributed by atoms with Gasteiger partial charge in [-0.15, -0.1) is 10.2 Å². The van der Waals surface area contributed by atoms with Gasteiger partial charge in [-0.3, -0.25) is 0 Å². The maximum absolute atomic E-state index is 10.9. The van der Waals surface area contributed by atoms with E-state index in [2.05, 4.69) is 15.5 Å². The second-order valence-corrected chi connectivity index (χ2v) is 3.82. The summed E-state index contributed by atoms with van der Waals surface area (Å²) < 4.78 is 0. The van der Waals surface area contributed by atoms with Crippen LogP contribution in [0.5, 0.6) is 0 Å². The number of aromatic carboxylic acids is 1. The second kappa shape index (κ2) is 4.70. The quantitative estimate of drug-likeness (QED) is 0.761.